The molecule has 1 aromatic heterocycles. The summed E-state index contributed by atoms with van der Waals surface area (Å²) in [4.78, 5) is 14.6. The average molecular weight is 224 g/mol. The first kappa shape index (κ1) is 12.3. The van der Waals surface area contributed by atoms with Crippen molar-refractivity contribution in [2.45, 2.75) is 32.8 Å². The van der Waals surface area contributed by atoms with E-state index >= 15 is 0 Å². The fourth-order valence-corrected chi connectivity index (χ4v) is 0.986. The summed E-state index contributed by atoms with van der Waals surface area (Å²) in [5.41, 5.74) is 5.52. The highest BCUT2D eigenvalue weighted by atomic mass is 16.5. The predicted molar refractivity (Wildman–Crippen MR) is 60.6 cm³/mol. The number of pyridine rings is 1. The van der Waals surface area contributed by atoms with Crippen molar-refractivity contribution in [3.05, 3.63) is 17.8 Å². The molecule has 3 N–H and O–H groups in total. The second-order valence-corrected chi connectivity index (χ2v) is 4.11. The Labute approximate surface area is 94.2 Å². The lowest BCUT2D eigenvalue weighted by Crippen LogP contribution is -2.28. The number of ether oxygens (including phenoxy) is 1. The summed E-state index contributed by atoms with van der Waals surface area (Å²) in [5.74, 6) is -0.925. The Balaban J connectivity index is 3.03. The van der Waals surface area contributed by atoms with Gasteiger partial charge in [0.25, 0.3) is 0 Å². The number of rotatable bonds is 4. The lowest BCUT2D eigenvalue weighted by molar-refractivity contribution is 0.0681. The zero-order chi connectivity index (χ0) is 12.3. The smallest absolute Gasteiger partial charge is 0.354 e. The number of hydrogen-bond acceptors (Lipinski definition) is 4. The van der Waals surface area contributed by atoms with Gasteiger partial charge in [-0.25, -0.2) is 9.78 Å². The first-order valence-electron chi connectivity index (χ1n) is 5.04. The monoisotopic (exact) mass is 224 g/mol. The van der Waals surface area contributed by atoms with Crippen molar-refractivity contribution in [2.75, 3.05) is 5.73 Å². The Morgan fingerprint density at radius 2 is 2.19 bits per heavy atom. The molecule has 0 saturated carbocycles. The largest absolute Gasteiger partial charge is 0.477 e. The number of anilines is 1. The maximum atomic E-state index is 10.7. The normalized spacial score (nSPS) is 11.2. The zero-order valence-electron chi connectivity index (χ0n) is 9.65. The van der Waals surface area contributed by atoms with E-state index in [9.17, 15) is 4.79 Å². The van der Waals surface area contributed by atoms with Crippen molar-refractivity contribution in [2.24, 2.45) is 0 Å². The van der Waals surface area contributed by atoms with Crippen molar-refractivity contribution >= 4 is 11.7 Å². The van der Waals surface area contributed by atoms with Gasteiger partial charge in [0, 0.05) is 0 Å². The average Bonchev–Trinajstić information content (AvgIpc) is 2.21. The summed E-state index contributed by atoms with van der Waals surface area (Å²) in [6, 6.07) is 2.83. The number of hydrogen-bond donors (Lipinski definition) is 2. The summed E-state index contributed by atoms with van der Waals surface area (Å²) >= 11 is 0. The number of carboxylic acid groups (broad SMARTS) is 1. The number of nitrogen functional groups attached to an aromatic ring is 1. The molecular formula is C11H16N2O3. The number of nitrogens with zero attached hydrogens (tertiary/aromatic N) is 1. The van der Waals surface area contributed by atoms with Crippen LogP contribution in [0.5, 0.6) is 5.88 Å². The van der Waals surface area contributed by atoms with Crippen LogP contribution in [0.3, 0.4) is 0 Å². The van der Waals surface area contributed by atoms with Gasteiger partial charge in [-0.05, 0) is 32.4 Å². The number of aromatic nitrogens is 1. The van der Waals surface area contributed by atoms with Crippen LogP contribution in [-0.4, -0.2) is 21.7 Å². The summed E-state index contributed by atoms with van der Waals surface area (Å²) in [5, 5.41) is 8.80. The molecule has 0 aliphatic carbocycles. The third kappa shape index (κ3) is 2.85. The van der Waals surface area contributed by atoms with Crippen LogP contribution in [-0.2, 0) is 0 Å². The number of aromatic carboxylic acids is 1. The van der Waals surface area contributed by atoms with Crippen molar-refractivity contribution in [1.29, 1.82) is 0 Å². The maximum absolute atomic E-state index is 10.7. The van der Waals surface area contributed by atoms with E-state index in [0.717, 1.165) is 6.42 Å². The molecule has 0 bridgehead atoms. The Bertz CT molecular complexity index is 402. The Hall–Kier alpha value is -1.78. The Morgan fingerprint density at radius 1 is 1.56 bits per heavy atom. The fraction of sp³-hybridized carbons (Fsp3) is 0.455. The molecule has 1 rings (SSSR count). The lowest BCUT2D eigenvalue weighted by atomic mass is 10.1. The summed E-state index contributed by atoms with van der Waals surface area (Å²) < 4.78 is 5.57. The second kappa shape index (κ2) is 4.38. The van der Waals surface area contributed by atoms with E-state index < -0.39 is 11.6 Å². The van der Waals surface area contributed by atoms with Crippen LogP contribution in [0.4, 0.5) is 5.69 Å². The molecular weight excluding hydrogens is 208 g/mol. The predicted octanol–water partition coefficient (Wildman–Crippen LogP) is 1.93. The van der Waals surface area contributed by atoms with Gasteiger partial charge in [-0.1, -0.05) is 6.92 Å². The van der Waals surface area contributed by atoms with Crippen LogP contribution < -0.4 is 10.5 Å². The van der Waals surface area contributed by atoms with Crippen LogP contribution in [0, 0.1) is 0 Å². The van der Waals surface area contributed by atoms with E-state index in [1.807, 2.05) is 20.8 Å². The Morgan fingerprint density at radius 3 is 2.69 bits per heavy atom. The van der Waals surface area contributed by atoms with Crippen LogP contribution in [0.1, 0.15) is 37.7 Å². The summed E-state index contributed by atoms with van der Waals surface area (Å²) in [6.07, 6.45) is 0.769. The van der Waals surface area contributed by atoms with Gasteiger partial charge in [-0.15, -0.1) is 0 Å². The molecule has 0 fully saturated rings. The third-order valence-corrected chi connectivity index (χ3v) is 2.33. The molecule has 0 radical (unpaired) electrons. The molecule has 88 valence electrons. The molecule has 5 heteroatoms. The second-order valence-electron chi connectivity index (χ2n) is 4.11. The van der Waals surface area contributed by atoms with Crippen LogP contribution >= 0.6 is 0 Å². The molecule has 1 aromatic rings. The summed E-state index contributed by atoms with van der Waals surface area (Å²) in [7, 11) is 0. The standard InChI is InChI=1S/C11H16N2O3/c1-4-11(2,3)16-9-7(12)5-6-8(13-9)10(14)15/h5-6H,4,12H2,1-3H3,(H,14,15). The van der Waals surface area contributed by atoms with E-state index in [4.69, 9.17) is 15.6 Å². The Kier molecular flexibility index (Phi) is 3.37. The first-order chi connectivity index (χ1) is 7.35. The minimum atomic E-state index is -1.10. The quantitative estimate of drug-likeness (QED) is 0.816. The topological polar surface area (TPSA) is 85.4 Å². The molecule has 0 amide bonds. The highest BCUT2D eigenvalue weighted by Gasteiger charge is 2.20. The minimum absolute atomic E-state index is 0.0731. The van der Waals surface area contributed by atoms with Crippen molar-refractivity contribution in [1.82, 2.24) is 4.98 Å². The van der Waals surface area contributed by atoms with Crippen LogP contribution in [0.2, 0.25) is 0 Å². The molecule has 0 aliphatic heterocycles. The van der Waals surface area contributed by atoms with Gasteiger partial charge in [0.1, 0.15) is 5.60 Å². The molecule has 16 heavy (non-hydrogen) atoms. The molecule has 0 aromatic carbocycles. The molecule has 0 unspecified atom stereocenters. The van der Waals surface area contributed by atoms with Gasteiger partial charge in [0.05, 0.1) is 5.69 Å². The number of nitrogens with two attached hydrogens (primary N) is 1. The van der Waals surface area contributed by atoms with Crippen LogP contribution in [0.15, 0.2) is 12.1 Å². The van der Waals surface area contributed by atoms with E-state index in [-0.39, 0.29) is 11.6 Å². The molecule has 0 saturated heterocycles. The van der Waals surface area contributed by atoms with Gasteiger partial charge < -0.3 is 15.6 Å². The highest BCUT2D eigenvalue weighted by Crippen LogP contribution is 2.24. The van der Waals surface area contributed by atoms with Gasteiger partial charge >= 0.3 is 5.97 Å². The maximum Gasteiger partial charge on any atom is 0.354 e. The highest BCUT2D eigenvalue weighted by molar-refractivity contribution is 5.86. The molecule has 0 atom stereocenters. The van der Waals surface area contributed by atoms with Gasteiger partial charge in [-0.2, -0.15) is 0 Å². The number of carbonyl (C=O) groups is 1. The summed E-state index contributed by atoms with van der Waals surface area (Å²) in [6.45, 7) is 5.75. The third-order valence-electron chi connectivity index (χ3n) is 2.33. The van der Waals surface area contributed by atoms with Gasteiger partial charge in [-0.3, -0.25) is 0 Å². The van der Waals surface area contributed by atoms with E-state index in [2.05, 4.69) is 4.98 Å². The van der Waals surface area contributed by atoms with E-state index in [1.54, 1.807) is 0 Å². The molecule has 5 nitrogen and oxygen atoms in total. The fourth-order valence-electron chi connectivity index (χ4n) is 0.986. The number of carboxylic acids is 1. The molecule has 0 aliphatic rings. The lowest BCUT2D eigenvalue weighted by Gasteiger charge is -2.24. The SMILES string of the molecule is CCC(C)(C)Oc1nc(C(=O)O)ccc1N. The van der Waals surface area contributed by atoms with Gasteiger partial charge in [0.15, 0.2) is 5.69 Å². The van der Waals surface area contributed by atoms with E-state index in [0.29, 0.717) is 5.69 Å². The molecule has 1 heterocycles. The van der Waals surface area contributed by atoms with E-state index in [1.165, 1.54) is 12.1 Å². The van der Waals surface area contributed by atoms with Crippen LogP contribution in [0.25, 0.3) is 0 Å². The minimum Gasteiger partial charge on any atom is -0.477 e. The van der Waals surface area contributed by atoms with Crippen molar-refractivity contribution in [3.8, 4) is 5.88 Å². The zero-order valence-corrected chi connectivity index (χ0v) is 9.65. The molecule has 0 spiro atoms. The van der Waals surface area contributed by atoms with Gasteiger partial charge in [0.2, 0.25) is 5.88 Å². The first-order valence-corrected chi connectivity index (χ1v) is 5.04. The van der Waals surface area contributed by atoms with Crippen molar-refractivity contribution < 1.29 is 14.6 Å². The van der Waals surface area contributed by atoms with Crippen molar-refractivity contribution in [3.63, 3.8) is 0 Å².